The molecule has 14 heteroatoms. The van der Waals surface area contributed by atoms with Crippen molar-refractivity contribution in [2.45, 2.75) is 121 Å². The van der Waals surface area contributed by atoms with Crippen LogP contribution in [0.1, 0.15) is 88.6 Å². The third-order valence-corrected chi connectivity index (χ3v) is 9.68. The third-order valence-electron chi connectivity index (χ3n) is 9.68. The van der Waals surface area contributed by atoms with Gasteiger partial charge in [-0.2, -0.15) is 0 Å². The maximum Gasteiger partial charge on any atom is 0.338 e. The van der Waals surface area contributed by atoms with Crippen molar-refractivity contribution in [3.63, 3.8) is 0 Å². The number of hydrogen-bond donors (Lipinski definition) is 4. The maximum atomic E-state index is 13.8. The van der Waals surface area contributed by atoms with Gasteiger partial charge in [-0.3, -0.25) is 19.2 Å². The molecule has 4 aliphatic rings. The van der Waals surface area contributed by atoms with Gasteiger partial charge in [0.05, 0.1) is 24.3 Å². The summed E-state index contributed by atoms with van der Waals surface area (Å²) in [6, 6.07) is 4.39. The highest BCUT2D eigenvalue weighted by atomic mass is 16.8. The van der Waals surface area contributed by atoms with Gasteiger partial charge in [-0.25, -0.2) is 4.79 Å². The second-order valence-corrected chi connectivity index (χ2v) is 15.7. The fourth-order valence-corrected chi connectivity index (χ4v) is 6.68. The predicted molar refractivity (Wildman–Crippen MR) is 192 cm³/mol. The molecule has 1 heterocycles. The Morgan fingerprint density at radius 1 is 1.06 bits per heavy atom. The zero-order valence-corrected chi connectivity index (χ0v) is 31.3. The van der Waals surface area contributed by atoms with Crippen LogP contribution in [-0.2, 0) is 38.1 Å². The Balaban J connectivity index is 1.31. The Kier molecular flexibility index (Phi) is 12.5. The quantitative estimate of drug-likeness (QED) is 0.153. The molecule has 1 aliphatic heterocycles. The fourth-order valence-electron chi connectivity index (χ4n) is 6.68. The number of ether oxygens (including phenoxy) is 4. The molecule has 1 aromatic rings. The summed E-state index contributed by atoms with van der Waals surface area (Å²) in [6.45, 7) is 6.07. The SMILES string of the molecule is CC(O)C(NC(=O)C1=CC2OC(C3CC3)(C3CC3)OC2C(OC(=O)c2cccc(C=CC(=O)N(C)C)c2)C1)C(=O)NC(CO)CCC(=O)OC(C)(C)C. The number of aliphatic hydroxyl groups excluding tert-OH is 2. The van der Waals surface area contributed by atoms with E-state index in [0.29, 0.717) is 5.56 Å². The molecule has 290 valence electrons. The van der Waals surface area contributed by atoms with E-state index in [1.54, 1.807) is 71.3 Å². The molecule has 3 fully saturated rings. The number of likely N-dealkylation sites (N-methyl/N-ethyl adjacent to an activating group) is 1. The number of rotatable bonds is 15. The minimum absolute atomic E-state index is 0.0479. The summed E-state index contributed by atoms with van der Waals surface area (Å²) in [4.78, 5) is 66.4. The standard InChI is InChI=1S/C39H53N3O11/c1-22(44)33(36(48)40-28(21-43)15-17-32(46)52-38(2,3)4)41-35(47)25-19-29(34-30(20-25)51-39(53-34,26-11-12-26)27-13-14-27)50-37(49)24-9-7-8-23(18-24)10-16-31(45)42(5)6/h7-10,16,18,20,22,26-30,33-34,43-44H,11-15,17,19,21H2,1-6H3,(H,40,48)(H,41,47). The average molecular weight is 740 g/mol. The van der Waals surface area contributed by atoms with Gasteiger partial charge < -0.3 is 44.7 Å². The lowest BCUT2D eigenvalue weighted by Crippen LogP contribution is -2.55. The number of benzene rings is 1. The highest BCUT2D eigenvalue weighted by Gasteiger charge is 2.64. The van der Waals surface area contributed by atoms with Gasteiger partial charge in [-0.15, -0.1) is 0 Å². The number of esters is 2. The van der Waals surface area contributed by atoms with E-state index in [0.717, 1.165) is 25.7 Å². The number of amides is 3. The van der Waals surface area contributed by atoms with Crippen molar-refractivity contribution < 1.29 is 53.1 Å². The van der Waals surface area contributed by atoms with E-state index in [1.165, 1.54) is 17.9 Å². The van der Waals surface area contributed by atoms with Gasteiger partial charge in [0, 0.05) is 50.4 Å². The number of aliphatic hydroxyl groups is 2. The second-order valence-electron chi connectivity index (χ2n) is 15.7. The zero-order valence-electron chi connectivity index (χ0n) is 31.3. The predicted octanol–water partition coefficient (Wildman–Crippen LogP) is 2.41. The number of fused-ring (bicyclic) bond motifs is 1. The molecular formula is C39H53N3O11. The molecule has 14 nitrogen and oxygen atoms in total. The Morgan fingerprint density at radius 3 is 2.32 bits per heavy atom. The highest BCUT2D eigenvalue weighted by Crippen LogP contribution is 2.59. The summed E-state index contributed by atoms with van der Waals surface area (Å²) in [5, 5.41) is 25.7. The minimum atomic E-state index is -1.41. The van der Waals surface area contributed by atoms with Crippen molar-refractivity contribution >= 4 is 35.7 Å². The van der Waals surface area contributed by atoms with E-state index in [9.17, 15) is 34.2 Å². The van der Waals surface area contributed by atoms with Crippen molar-refractivity contribution in [1.82, 2.24) is 15.5 Å². The van der Waals surface area contributed by atoms with Crippen LogP contribution in [-0.4, -0.2) is 113 Å². The molecule has 4 N–H and O–H groups in total. The molecule has 3 aliphatic carbocycles. The number of nitrogens with one attached hydrogen (secondary N) is 2. The van der Waals surface area contributed by atoms with Crippen molar-refractivity contribution in [1.29, 1.82) is 0 Å². The van der Waals surface area contributed by atoms with Gasteiger partial charge >= 0.3 is 11.9 Å². The maximum absolute atomic E-state index is 13.8. The molecule has 6 unspecified atom stereocenters. The van der Waals surface area contributed by atoms with Crippen molar-refractivity contribution in [3.05, 3.63) is 53.1 Å². The average Bonchev–Trinajstić information content (AvgIpc) is 4.04. The van der Waals surface area contributed by atoms with Crippen LogP contribution in [0.5, 0.6) is 0 Å². The first-order valence-electron chi connectivity index (χ1n) is 18.4. The molecule has 0 spiro atoms. The van der Waals surface area contributed by atoms with Gasteiger partial charge in [0.25, 0.3) is 0 Å². The van der Waals surface area contributed by atoms with Crippen molar-refractivity contribution in [2.24, 2.45) is 11.8 Å². The molecule has 3 amide bonds. The van der Waals surface area contributed by atoms with Crippen LogP contribution in [0, 0.1) is 11.8 Å². The third kappa shape index (κ3) is 10.3. The van der Waals surface area contributed by atoms with Crippen LogP contribution in [0.15, 0.2) is 42.0 Å². The molecule has 1 aromatic carbocycles. The molecule has 0 aromatic heterocycles. The molecule has 2 saturated carbocycles. The first-order chi connectivity index (χ1) is 25.0. The summed E-state index contributed by atoms with van der Waals surface area (Å²) < 4.78 is 24.7. The topological polar surface area (TPSA) is 190 Å². The fraction of sp³-hybridized carbons (Fsp3) is 0.615. The van der Waals surface area contributed by atoms with E-state index in [2.05, 4.69) is 10.6 Å². The number of hydrogen-bond acceptors (Lipinski definition) is 11. The van der Waals surface area contributed by atoms with Crippen LogP contribution < -0.4 is 10.6 Å². The smallest absolute Gasteiger partial charge is 0.338 e. The van der Waals surface area contributed by atoms with E-state index in [4.69, 9.17) is 18.9 Å². The van der Waals surface area contributed by atoms with Crippen LogP contribution in [0.2, 0.25) is 0 Å². The van der Waals surface area contributed by atoms with Crippen molar-refractivity contribution in [2.75, 3.05) is 20.7 Å². The molecule has 1 saturated heterocycles. The summed E-state index contributed by atoms with van der Waals surface area (Å²) in [5.74, 6) is -3.19. The summed E-state index contributed by atoms with van der Waals surface area (Å²) >= 11 is 0. The Bertz CT molecular complexity index is 1590. The van der Waals surface area contributed by atoms with Gasteiger partial charge in [0.1, 0.15) is 30.0 Å². The lowest BCUT2D eigenvalue weighted by Gasteiger charge is -2.31. The van der Waals surface area contributed by atoms with Crippen LogP contribution in [0.3, 0.4) is 0 Å². The molecule has 5 rings (SSSR count). The van der Waals surface area contributed by atoms with Crippen LogP contribution >= 0.6 is 0 Å². The zero-order chi connectivity index (χ0) is 38.7. The first-order valence-corrected chi connectivity index (χ1v) is 18.4. The second kappa shape index (κ2) is 16.5. The summed E-state index contributed by atoms with van der Waals surface area (Å²) in [7, 11) is 3.28. The van der Waals surface area contributed by atoms with Gasteiger partial charge in [-0.1, -0.05) is 12.1 Å². The van der Waals surface area contributed by atoms with E-state index in [1.807, 2.05) is 0 Å². The van der Waals surface area contributed by atoms with Gasteiger partial charge in [0.2, 0.25) is 17.7 Å². The van der Waals surface area contributed by atoms with E-state index in [-0.39, 0.29) is 48.1 Å². The van der Waals surface area contributed by atoms with E-state index >= 15 is 0 Å². The molecule has 0 bridgehead atoms. The van der Waals surface area contributed by atoms with Gasteiger partial charge in [-0.05, 0) is 89.6 Å². The lowest BCUT2D eigenvalue weighted by molar-refractivity contribution is -0.209. The first kappa shape index (κ1) is 40.1. The Hall–Kier alpha value is -4.11. The highest BCUT2D eigenvalue weighted by molar-refractivity contribution is 5.98. The molecule has 6 atom stereocenters. The summed E-state index contributed by atoms with van der Waals surface area (Å²) in [5.41, 5.74) is 0.364. The molecule has 0 radical (unpaired) electrons. The minimum Gasteiger partial charge on any atom is -0.460 e. The Morgan fingerprint density at radius 2 is 1.74 bits per heavy atom. The van der Waals surface area contributed by atoms with Crippen molar-refractivity contribution in [3.8, 4) is 0 Å². The number of carbonyl (C=O) groups excluding carboxylic acids is 5. The van der Waals surface area contributed by atoms with E-state index < -0.39 is 78.2 Å². The normalized spacial score (nSPS) is 23.9. The summed E-state index contributed by atoms with van der Waals surface area (Å²) in [6.07, 6.45) is 4.79. The van der Waals surface area contributed by atoms with Crippen LogP contribution in [0.25, 0.3) is 6.08 Å². The van der Waals surface area contributed by atoms with Gasteiger partial charge in [0.15, 0.2) is 5.79 Å². The lowest BCUT2D eigenvalue weighted by atomic mass is 9.91. The largest absolute Gasteiger partial charge is 0.460 e. The number of carbonyl (C=O) groups is 5. The Labute approximate surface area is 310 Å². The monoisotopic (exact) mass is 739 g/mol. The number of nitrogens with zero attached hydrogens (tertiary/aromatic N) is 1. The molecular weight excluding hydrogens is 686 g/mol. The molecule has 53 heavy (non-hydrogen) atoms. The van der Waals surface area contributed by atoms with Crippen LogP contribution in [0.4, 0.5) is 0 Å².